The third-order valence-electron chi connectivity index (χ3n) is 7.30. The average molecular weight is 520 g/mol. The average Bonchev–Trinajstić information content (AvgIpc) is 3.53. The number of amides is 2. The van der Waals surface area contributed by atoms with Crippen molar-refractivity contribution < 1.29 is 19.2 Å². The van der Waals surface area contributed by atoms with E-state index in [0.717, 1.165) is 43.9 Å². The zero-order valence-corrected chi connectivity index (χ0v) is 22.4. The molecule has 0 radical (unpaired) electrons. The number of hydrogen-bond donors (Lipinski definition) is 0. The molecule has 0 N–H and O–H groups in total. The molecule has 4 rings (SSSR count). The van der Waals surface area contributed by atoms with E-state index >= 15 is 0 Å². The number of nitrogens with zero attached hydrogens (tertiary/aromatic N) is 5. The Balaban J connectivity index is 1.39. The Morgan fingerprint density at radius 3 is 2.33 bits per heavy atom. The molecule has 0 aromatic heterocycles. The van der Waals surface area contributed by atoms with Gasteiger partial charge in [-0.15, -0.1) is 11.8 Å². The van der Waals surface area contributed by atoms with Crippen LogP contribution in [0.25, 0.3) is 0 Å². The largest absolute Gasteiger partial charge is 0.444 e. The zero-order chi connectivity index (χ0) is 26.0. The molecule has 3 aliphatic rings. The molecule has 11 heteroatoms. The first kappa shape index (κ1) is 26.5. The van der Waals surface area contributed by atoms with Crippen LogP contribution in [0, 0.1) is 10.1 Å². The van der Waals surface area contributed by atoms with Gasteiger partial charge in [0.25, 0.3) is 5.69 Å². The number of nitro groups is 1. The van der Waals surface area contributed by atoms with Crippen molar-refractivity contribution >= 4 is 35.1 Å². The molecule has 0 unspecified atom stereocenters. The fourth-order valence-electron chi connectivity index (χ4n) is 5.28. The number of likely N-dealkylation sites (tertiary alicyclic amines) is 1. The van der Waals surface area contributed by atoms with E-state index in [1.807, 2.05) is 37.8 Å². The van der Waals surface area contributed by atoms with Crippen LogP contribution in [0.3, 0.4) is 0 Å². The Kier molecular flexibility index (Phi) is 7.99. The molecule has 3 saturated heterocycles. The van der Waals surface area contributed by atoms with Gasteiger partial charge in [0.15, 0.2) is 0 Å². The summed E-state index contributed by atoms with van der Waals surface area (Å²) in [6, 6.07) is 6.64. The number of ether oxygens (including phenoxy) is 1. The number of hydrogen-bond acceptors (Lipinski definition) is 8. The first-order valence-corrected chi connectivity index (χ1v) is 13.8. The van der Waals surface area contributed by atoms with Crippen molar-refractivity contribution in [3.8, 4) is 0 Å². The lowest BCUT2D eigenvalue weighted by Crippen LogP contribution is -2.49. The summed E-state index contributed by atoms with van der Waals surface area (Å²) in [6.45, 7) is 8.44. The van der Waals surface area contributed by atoms with Crippen molar-refractivity contribution in [2.45, 2.75) is 63.8 Å². The van der Waals surface area contributed by atoms with E-state index in [-0.39, 0.29) is 22.6 Å². The quantitative estimate of drug-likeness (QED) is 0.431. The third-order valence-corrected chi connectivity index (χ3v) is 8.26. The number of non-ortho nitro benzene ring substituents is 1. The predicted octanol–water partition coefficient (Wildman–Crippen LogP) is 3.41. The summed E-state index contributed by atoms with van der Waals surface area (Å²) >= 11 is 1.74. The molecule has 0 aliphatic carbocycles. The fraction of sp³-hybridized carbons (Fsp3) is 0.680. The Bertz CT molecular complexity index is 955. The maximum absolute atomic E-state index is 13.3. The van der Waals surface area contributed by atoms with E-state index < -0.39 is 17.7 Å². The smallest absolute Gasteiger partial charge is 0.411 e. The summed E-state index contributed by atoms with van der Waals surface area (Å²) in [4.78, 5) is 45.1. The molecule has 0 spiro atoms. The van der Waals surface area contributed by atoms with Crippen LogP contribution in [0.1, 0.15) is 40.0 Å². The summed E-state index contributed by atoms with van der Waals surface area (Å²) in [5.74, 6) is 1.63. The van der Waals surface area contributed by atoms with E-state index in [0.29, 0.717) is 24.9 Å². The van der Waals surface area contributed by atoms with Gasteiger partial charge in [0, 0.05) is 61.8 Å². The molecule has 36 heavy (non-hydrogen) atoms. The highest BCUT2D eigenvalue weighted by atomic mass is 32.2. The number of benzene rings is 1. The molecule has 3 aliphatic heterocycles. The monoisotopic (exact) mass is 519 g/mol. The van der Waals surface area contributed by atoms with Crippen LogP contribution in [0.2, 0.25) is 0 Å². The van der Waals surface area contributed by atoms with Crippen LogP contribution < -0.4 is 4.90 Å². The maximum Gasteiger partial charge on any atom is 0.411 e. The molecule has 10 nitrogen and oxygen atoms in total. The Labute approximate surface area is 217 Å². The minimum atomic E-state index is -0.622. The van der Waals surface area contributed by atoms with E-state index in [1.165, 1.54) is 0 Å². The number of thioether (sulfide) groups is 1. The highest BCUT2D eigenvalue weighted by molar-refractivity contribution is 7.99. The fourth-order valence-corrected chi connectivity index (χ4v) is 6.23. The van der Waals surface area contributed by atoms with Crippen LogP contribution in [0.4, 0.5) is 16.2 Å². The highest BCUT2D eigenvalue weighted by Crippen LogP contribution is 2.31. The standard InChI is InChI=1S/C25H37N5O5S/c1-25(2,3)35-24(32)29-16-21(15-22(29)23(31)28-13-14-36-17-28)26(4)18-9-11-27(12-10-18)19-5-7-20(8-6-19)30(33)34/h5-8,18,21-22H,9-17H2,1-4H3/t21-,22-/m0/s1. The van der Waals surface area contributed by atoms with Crippen molar-refractivity contribution in [1.82, 2.24) is 14.7 Å². The van der Waals surface area contributed by atoms with Gasteiger partial charge in [0.05, 0.1) is 10.8 Å². The predicted molar refractivity (Wildman–Crippen MR) is 140 cm³/mol. The van der Waals surface area contributed by atoms with Gasteiger partial charge in [-0.2, -0.15) is 0 Å². The van der Waals surface area contributed by atoms with Gasteiger partial charge in [-0.05, 0) is 59.2 Å². The summed E-state index contributed by atoms with van der Waals surface area (Å²) in [5.41, 5.74) is 0.469. The Morgan fingerprint density at radius 2 is 1.78 bits per heavy atom. The minimum Gasteiger partial charge on any atom is -0.444 e. The van der Waals surface area contributed by atoms with Gasteiger partial charge in [-0.25, -0.2) is 4.79 Å². The lowest BCUT2D eigenvalue weighted by Gasteiger charge is -2.40. The summed E-state index contributed by atoms with van der Waals surface area (Å²) < 4.78 is 5.67. The SMILES string of the molecule is CN(C1CCN(c2ccc([N+](=O)[O-])cc2)CC1)[C@H]1C[C@@H](C(=O)N2CCSC2)N(C(=O)OC(C)(C)C)C1. The first-order valence-electron chi connectivity index (χ1n) is 12.6. The van der Waals surface area contributed by atoms with Crippen molar-refractivity contribution in [3.05, 3.63) is 34.4 Å². The van der Waals surface area contributed by atoms with Crippen LogP contribution in [0.5, 0.6) is 0 Å². The van der Waals surface area contributed by atoms with Crippen molar-refractivity contribution in [3.63, 3.8) is 0 Å². The minimum absolute atomic E-state index is 0.0229. The van der Waals surface area contributed by atoms with E-state index in [9.17, 15) is 19.7 Å². The second-order valence-corrected chi connectivity index (χ2v) is 11.9. The van der Waals surface area contributed by atoms with Gasteiger partial charge in [0.1, 0.15) is 11.6 Å². The van der Waals surface area contributed by atoms with Crippen LogP contribution in [-0.4, -0.2) is 100 Å². The summed E-state index contributed by atoms with van der Waals surface area (Å²) in [7, 11) is 2.10. The molecule has 2 atom stereocenters. The second kappa shape index (κ2) is 10.8. The number of anilines is 1. The number of rotatable bonds is 5. The molecule has 1 aromatic rings. The lowest BCUT2D eigenvalue weighted by molar-refractivity contribution is -0.384. The van der Waals surface area contributed by atoms with Gasteiger partial charge in [0.2, 0.25) is 5.91 Å². The Morgan fingerprint density at radius 1 is 1.11 bits per heavy atom. The van der Waals surface area contributed by atoms with Crippen molar-refractivity contribution in [1.29, 1.82) is 0 Å². The van der Waals surface area contributed by atoms with Crippen LogP contribution in [0.15, 0.2) is 24.3 Å². The normalized spacial score (nSPS) is 23.4. The van der Waals surface area contributed by atoms with Crippen molar-refractivity contribution in [2.24, 2.45) is 0 Å². The van der Waals surface area contributed by atoms with Gasteiger partial charge < -0.3 is 14.5 Å². The molecule has 2 amide bonds. The molecular formula is C25H37N5O5S. The van der Waals surface area contributed by atoms with E-state index in [4.69, 9.17) is 4.74 Å². The van der Waals surface area contributed by atoms with Gasteiger partial charge >= 0.3 is 6.09 Å². The number of piperidine rings is 1. The van der Waals surface area contributed by atoms with E-state index in [2.05, 4.69) is 16.8 Å². The topological polar surface area (TPSA) is 99.5 Å². The third kappa shape index (κ3) is 6.05. The second-order valence-electron chi connectivity index (χ2n) is 10.8. The molecule has 0 saturated carbocycles. The molecule has 0 bridgehead atoms. The number of nitro benzene ring substituents is 1. The summed E-state index contributed by atoms with van der Waals surface area (Å²) in [6.07, 6.45) is 2.07. The molecule has 1 aromatic carbocycles. The zero-order valence-electron chi connectivity index (χ0n) is 21.6. The molecular weight excluding hydrogens is 482 g/mol. The number of likely N-dealkylation sites (N-methyl/N-ethyl adjacent to an activating group) is 1. The number of carbonyl (C=O) groups is 2. The molecule has 3 heterocycles. The highest BCUT2D eigenvalue weighted by Gasteiger charge is 2.45. The van der Waals surface area contributed by atoms with Crippen molar-refractivity contribution in [2.75, 3.05) is 49.8 Å². The van der Waals surface area contributed by atoms with Gasteiger partial charge in [-0.1, -0.05) is 0 Å². The van der Waals surface area contributed by atoms with Gasteiger partial charge in [-0.3, -0.25) is 24.7 Å². The first-order chi connectivity index (χ1) is 17.0. The summed E-state index contributed by atoms with van der Waals surface area (Å²) in [5, 5.41) is 10.9. The maximum atomic E-state index is 13.3. The van der Waals surface area contributed by atoms with E-state index in [1.54, 1.807) is 28.8 Å². The lowest BCUT2D eigenvalue weighted by atomic mass is 10.00. The molecule has 3 fully saturated rings. The van der Waals surface area contributed by atoms with Crippen LogP contribution >= 0.6 is 11.8 Å². The number of carbonyl (C=O) groups excluding carboxylic acids is 2. The molecule has 198 valence electrons. The van der Waals surface area contributed by atoms with Crippen LogP contribution in [-0.2, 0) is 9.53 Å². The Hall–Kier alpha value is -2.53.